The standard InChI is InChI=1S/C20H17N3O7S/c1-11-4-5-12(6-16(11)23(26)27)7-17(19(24)25)31-20-22-21-18(30-20)13-8-14(28-2)10-15(9-13)29-3/h4-10H,1-3H3,(H,24,25)/b17-7+. The van der Waals surface area contributed by atoms with Gasteiger partial charge in [-0.1, -0.05) is 12.1 Å². The molecule has 0 unspecified atom stereocenters. The van der Waals surface area contributed by atoms with Gasteiger partial charge >= 0.3 is 5.97 Å². The summed E-state index contributed by atoms with van der Waals surface area (Å²) in [6.45, 7) is 1.60. The van der Waals surface area contributed by atoms with Gasteiger partial charge in [-0.3, -0.25) is 10.1 Å². The minimum absolute atomic E-state index is 0.00736. The van der Waals surface area contributed by atoms with Crippen LogP contribution in [0.2, 0.25) is 0 Å². The Morgan fingerprint density at radius 3 is 2.42 bits per heavy atom. The van der Waals surface area contributed by atoms with Crippen molar-refractivity contribution in [3.05, 3.63) is 62.5 Å². The van der Waals surface area contributed by atoms with E-state index in [1.54, 1.807) is 37.3 Å². The van der Waals surface area contributed by atoms with Crippen LogP contribution in [-0.2, 0) is 4.79 Å². The third-order valence-electron chi connectivity index (χ3n) is 4.14. The zero-order chi connectivity index (χ0) is 22.5. The second-order valence-electron chi connectivity index (χ2n) is 6.19. The molecule has 0 fully saturated rings. The average Bonchev–Trinajstić information content (AvgIpc) is 3.22. The number of methoxy groups -OCH3 is 2. The number of nitro benzene ring substituents is 1. The number of rotatable bonds is 8. The molecule has 0 amide bonds. The summed E-state index contributed by atoms with van der Waals surface area (Å²) in [5.74, 6) is -0.0471. The summed E-state index contributed by atoms with van der Waals surface area (Å²) in [6, 6.07) is 9.47. The Morgan fingerprint density at radius 2 is 1.84 bits per heavy atom. The molecule has 3 rings (SSSR count). The molecule has 2 aromatic carbocycles. The molecule has 0 aliphatic heterocycles. The second kappa shape index (κ2) is 9.30. The fraction of sp³-hybridized carbons (Fsp3) is 0.150. The van der Waals surface area contributed by atoms with E-state index >= 15 is 0 Å². The number of nitrogens with zero attached hydrogens (tertiary/aromatic N) is 3. The topological polar surface area (TPSA) is 138 Å². The van der Waals surface area contributed by atoms with E-state index < -0.39 is 10.9 Å². The number of carboxylic acid groups (broad SMARTS) is 1. The maximum Gasteiger partial charge on any atom is 0.342 e. The van der Waals surface area contributed by atoms with Gasteiger partial charge in [0.2, 0.25) is 5.89 Å². The fourth-order valence-corrected chi connectivity index (χ4v) is 3.26. The summed E-state index contributed by atoms with van der Waals surface area (Å²) in [5, 5.41) is 28.5. The predicted octanol–water partition coefficient (Wildman–Crippen LogP) is 4.19. The van der Waals surface area contributed by atoms with E-state index in [1.807, 2.05) is 0 Å². The first kappa shape index (κ1) is 21.8. The number of aryl methyl sites for hydroxylation is 1. The van der Waals surface area contributed by atoms with Crippen molar-refractivity contribution in [2.45, 2.75) is 12.1 Å². The van der Waals surface area contributed by atoms with Crippen molar-refractivity contribution >= 4 is 29.5 Å². The summed E-state index contributed by atoms with van der Waals surface area (Å²) in [4.78, 5) is 22.2. The van der Waals surface area contributed by atoms with Gasteiger partial charge in [-0.25, -0.2) is 4.79 Å². The lowest BCUT2D eigenvalue weighted by Crippen LogP contribution is -1.97. The zero-order valence-electron chi connectivity index (χ0n) is 16.7. The number of benzene rings is 2. The van der Waals surface area contributed by atoms with Gasteiger partial charge in [0.25, 0.3) is 10.9 Å². The largest absolute Gasteiger partial charge is 0.497 e. The highest BCUT2D eigenvalue weighted by atomic mass is 32.2. The lowest BCUT2D eigenvalue weighted by molar-refractivity contribution is -0.385. The Labute approximate surface area is 180 Å². The van der Waals surface area contributed by atoms with Gasteiger partial charge in [-0.05, 0) is 42.5 Å². The van der Waals surface area contributed by atoms with E-state index in [1.165, 1.54) is 26.4 Å². The normalized spacial score (nSPS) is 11.3. The summed E-state index contributed by atoms with van der Waals surface area (Å²) < 4.78 is 16.0. The Morgan fingerprint density at radius 1 is 1.16 bits per heavy atom. The predicted molar refractivity (Wildman–Crippen MR) is 112 cm³/mol. The molecule has 3 aromatic rings. The van der Waals surface area contributed by atoms with Crippen LogP contribution in [0.25, 0.3) is 17.5 Å². The Bertz CT molecular complexity index is 1150. The molecular weight excluding hydrogens is 426 g/mol. The van der Waals surface area contributed by atoms with Crippen LogP contribution >= 0.6 is 11.8 Å². The molecule has 1 aromatic heterocycles. The number of ether oxygens (including phenoxy) is 2. The van der Waals surface area contributed by atoms with Crippen LogP contribution in [0.5, 0.6) is 11.5 Å². The molecule has 0 saturated carbocycles. The number of carboxylic acids is 1. The third-order valence-corrected chi connectivity index (χ3v) is 4.99. The number of aromatic nitrogens is 2. The molecule has 1 heterocycles. The van der Waals surface area contributed by atoms with E-state index in [0.717, 1.165) is 11.8 Å². The monoisotopic (exact) mass is 443 g/mol. The van der Waals surface area contributed by atoms with Crippen LogP contribution in [0.15, 0.2) is 50.9 Å². The van der Waals surface area contributed by atoms with Crippen molar-refractivity contribution in [1.29, 1.82) is 0 Å². The number of nitro groups is 1. The molecule has 1 N–H and O–H groups in total. The number of hydrogen-bond acceptors (Lipinski definition) is 9. The second-order valence-corrected chi connectivity index (χ2v) is 7.19. The van der Waals surface area contributed by atoms with Crippen molar-refractivity contribution in [2.24, 2.45) is 0 Å². The highest BCUT2D eigenvalue weighted by Gasteiger charge is 2.18. The smallest absolute Gasteiger partial charge is 0.342 e. The van der Waals surface area contributed by atoms with E-state index in [9.17, 15) is 20.0 Å². The van der Waals surface area contributed by atoms with Gasteiger partial charge in [0.15, 0.2) is 0 Å². The van der Waals surface area contributed by atoms with Crippen molar-refractivity contribution in [3.63, 3.8) is 0 Å². The van der Waals surface area contributed by atoms with Crippen molar-refractivity contribution in [3.8, 4) is 23.0 Å². The van der Waals surface area contributed by atoms with Gasteiger partial charge in [-0.15, -0.1) is 10.2 Å². The van der Waals surface area contributed by atoms with Gasteiger partial charge < -0.3 is 19.0 Å². The van der Waals surface area contributed by atoms with Crippen LogP contribution in [0.3, 0.4) is 0 Å². The molecule has 0 radical (unpaired) electrons. The first-order valence-corrected chi connectivity index (χ1v) is 9.57. The molecule has 0 aliphatic rings. The van der Waals surface area contributed by atoms with Gasteiger partial charge in [0.1, 0.15) is 16.4 Å². The number of thioether (sulfide) groups is 1. The summed E-state index contributed by atoms with van der Waals surface area (Å²) in [7, 11) is 3.01. The molecule has 0 spiro atoms. The van der Waals surface area contributed by atoms with Crippen LogP contribution in [0.4, 0.5) is 5.69 Å². The maximum absolute atomic E-state index is 11.7. The van der Waals surface area contributed by atoms with Crippen LogP contribution in [-0.4, -0.2) is 40.4 Å². The summed E-state index contributed by atoms with van der Waals surface area (Å²) in [6.07, 6.45) is 1.30. The van der Waals surface area contributed by atoms with Crippen molar-refractivity contribution < 1.29 is 28.7 Å². The van der Waals surface area contributed by atoms with Crippen LogP contribution < -0.4 is 9.47 Å². The number of hydrogen-bond donors (Lipinski definition) is 1. The van der Waals surface area contributed by atoms with Crippen molar-refractivity contribution in [2.75, 3.05) is 14.2 Å². The van der Waals surface area contributed by atoms with Crippen LogP contribution in [0.1, 0.15) is 11.1 Å². The van der Waals surface area contributed by atoms with E-state index in [-0.39, 0.29) is 21.7 Å². The molecule has 0 aliphatic carbocycles. The number of aliphatic carboxylic acids is 1. The zero-order valence-corrected chi connectivity index (χ0v) is 17.5. The Kier molecular flexibility index (Phi) is 6.55. The van der Waals surface area contributed by atoms with Gasteiger partial charge in [0.05, 0.1) is 19.1 Å². The maximum atomic E-state index is 11.7. The third kappa shape index (κ3) is 5.20. The quantitative estimate of drug-likeness (QED) is 0.233. The summed E-state index contributed by atoms with van der Waals surface area (Å²) >= 11 is 0.734. The van der Waals surface area contributed by atoms with E-state index in [0.29, 0.717) is 28.2 Å². The molecule has 0 atom stereocenters. The lowest BCUT2D eigenvalue weighted by atomic mass is 10.1. The molecule has 31 heavy (non-hydrogen) atoms. The molecule has 10 nitrogen and oxygen atoms in total. The minimum Gasteiger partial charge on any atom is -0.497 e. The Hall–Kier alpha value is -3.86. The molecular formula is C20H17N3O7S. The first-order valence-electron chi connectivity index (χ1n) is 8.75. The Balaban J connectivity index is 1.90. The fourth-order valence-electron chi connectivity index (χ4n) is 2.59. The average molecular weight is 443 g/mol. The van der Waals surface area contributed by atoms with Gasteiger partial charge in [-0.2, -0.15) is 0 Å². The molecule has 160 valence electrons. The molecule has 0 bridgehead atoms. The van der Waals surface area contributed by atoms with Crippen molar-refractivity contribution in [1.82, 2.24) is 10.2 Å². The van der Waals surface area contributed by atoms with Crippen LogP contribution in [0, 0.1) is 17.0 Å². The first-order chi connectivity index (χ1) is 14.8. The minimum atomic E-state index is -1.24. The summed E-state index contributed by atoms with van der Waals surface area (Å²) in [5.41, 5.74) is 1.27. The van der Waals surface area contributed by atoms with Gasteiger partial charge in [0, 0.05) is 23.3 Å². The highest BCUT2D eigenvalue weighted by Crippen LogP contribution is 2.33. The number of carbonyl (C=O) groups is 1. The molecule has 0 saturated heterocycles. The lowest BCUT2D eigenvalue weighted by Gasteiger charge is -2.05. The highest BCUT2D eigenvalue weighted by molar-refractivity contribution is 8.03. The molecule has 11 heteroatoms. The van der Waals surface area contributed by atoms with E-state index in [2.05, 4.69) is 10.2 Å². The SMILES string of the molecule is COc1cc(OC)cc(-c2nnc(S/C(=C/c3ccc(C)c([N+](=O)[O-])c3)C(=O)O)o2)c1. The van der Waals surface area contributed by atoms with E-state index in [4.69, 9.17) is 13.9 Å².